The van der Waals surface area contributed by atoms with Crippen LogP contribution in [0.4, 0.5) is 5.69 Å². The molecule has 0 fully saturated rings. The maximum absolute atomic E-state index is 5.38. The Morgan fingerprint density at radius 2 is 1.17 bits per heavy atom. The van der Waals surface area contributed by atoms with Crippen LogP contribution in [0, 0.1) is 0 Å². The average Bonchev–Trinajstić information content (AvgIpc) is 3.13. The fourth-order valence-corrected chi connectivity index (χ4v) is 6.97. The zero-order valence-corrected chi connectivity index (χ0v) is 31.0. The molecule has 4 rings (SSSR count). The topological polar surface area (TPSA) is 15.4 Å². The lowest BCUT2D eigenvalue weighted by Gasteiger charge is -2.17. The van der Waals surface area contributed by atoms with Gasteiger partial charge < -0.3 is 0 Å². The summed E-state index contributed by atoms with van der Waals surface area (Å²) >= 11 is 0. The second-order valence-electron chi connectivity index (χ2n) is 13.2. The summed E-state index contributed by atoms with van der Waals surface area (Å²) in [6, 6.07) is 31.6. The molecule has 0 saturated heterocycles. The highest BCUT2D eigenvalue weighted by molar-refractivity contribution is 5.74. The fourth-order valence-electron chi connectivity index (χ4n) is 6.97. The van der Waals surface area contributed by atoms with Crippen molar-refractivity contribution in [2.24, 2.45) is 5.11 Å². The van der Waals surface area contributed by atoms with Crippen LogP contribution in [0.2, 0.25) is 0 Å². The molecule has 48 heavy (non-hydrogen) atoms. The van der Waals surface area contributed by atoms with Crippen molar-refractivity contribution in [3.8, 4) is 22.3 Å². The third-order valence-electron chi connectivity index (χ3n) is 9.67. The van der Waals surface area contributed by atoms with Gasteiger partial charge in [-0.15, -0.1) is 0 Å². The van der Waals surface area contributed by atoms with Gasteiger partial charge in [-0.3, -0.25) is 0 Å². The van der Waals surface area contributed by atoms with Gasteiger partial charge in [0.05, 0.1) is 0 Å². The Kier molecular flexibility index (Phi) is 15.4. The van der Waals surface area contributed by atoms with Crippen LogP contribution in [0.3, 0.4) is 0 Å². The molecule has 254 valence electrons. The fraction of sp³-hybridized carbons (Fsp3) is 0.435. The molecule has 0 aromatic heterocycles. The average molecular weight is 642 g/mol. The van der Waals surface area contributed by atoms with Crippen molar-refractivity contribution in [3.63, 3.8) is 0 Å². The van der Waals surface area contributed by atoms with E-state index in [-0.39, 0.29) is 0 Å². The van der Waals surface area contributed by atoms with Gasteiger partial charge in [0.15, 0.2) is 6.54 Å². The SMILES string of the molecule is CCCCCCc1c(CC)cc(C=C(CC)[N+](CC)=Nc2cc(CCCC)c(CCCC)c(-c3ccccc3)c2)cc1-c1ccccc1. The van der Waals surface area contributed by atoms with Gasteiger partial charge in [0.25, 0.3) is 0 Å². The Hall–Kier alpha value is -3.78. The lowest BCUT2D eigenvalue weighted by molar-refractivity contribution is -0.539. The maximum atomic E-state index is 5.38. The molecule has 0 amide bonds. The summed E-state index contributed by atoms with van der Waals surface area (Å²) in [5.74, 6) is 0. The molecule has 0 aliphatic carbocycles. The first-order valence-electron chi connectivity index (χ1n) is 19.2. The monoisotopic (exact) mass is 641 g/mol. The van der Waals surface area contributed by atoms with Crippen molar-refractivity contribution >= 4 is 11.8 Å². The van der Waals surface area contributed by atoms with E-state index in [2.05, 4.69) is 137 Å². The molecule has 0 bridgehead atoms. The second-order valence-corrected chi connectivity index (χ2v) is 13.2. The predicted octanol–water partition coefficient (Wildman–Crippen LogP) is 14.0. The summed E-state index contributed by atoms with van der Waals surface area (Å²) in [5, 5.41) is 5.38. The number of hydrogen-bond donors (Lipinski definition) is 0. The molecule has 0 atom stereocenters. The minimum Gasteiger partial charge on any atom is -0.0882 e. The van der Waals surface area contributed by atoms with Crippen LogP contribution in [0.5, 0.6) is 0 Å². The number of nitrogens with zero attached hydrogens (tertiary/aromatic N) is 2. The van der Waals surface area contributed by atoms with Gasteiger partial charge in [-0.05, 0) is 125 Å². The van der Waals surface area contributed by atoms with E-state index in [9.17, 15) is 0 Å². The van der Waals surface area contributed by atoms with Gasteiger partial charge in [0.2, 0.25) is 5.70 Å². The summed E-state index contributed by atoms with van der Waals surface area (Å²) in [4.78, 5) is 0. The number of unbranched alkanes of at least 4 members (excludes halogenated alkanes) is 5. The Balaban J connectivity index is 1.82. The summed E-state index contributed by atoms with van der Waals surface area (Å²) in [6.45, 7) is 14.5. The molecule has 0 N–H and O–H groups in total. The van der Waals surface area contributed by atoms with Crippen molar-refractivity contribution in [1.82, 2.24) is 0 Å². The standard InChI is InChI=1S/C46H61N2/c1-7-13-16-23-30-43-37(10-4)31-36(33-45(43)38-25-19-17-20-26-38)32-42(11-5)48(12-6)47-41-34-40(24-14-8-2)44(29-15-9-3)46(35-41)39-27-21-18-22-28-39/h17-22,25-28,31-35H,7-16,23-24,29-30H2,1-6H3/q+1. The third-order valence-corrected chi connectivity index (χ3v) is 9.67. The number of rotatable bonds is 19. The Morgan fingerprint density at radius 3 is 1.75 bits per heavy atom. The predicted molar refractivity (Wildman–Crippen MR) is 209 cm³/mol. The first kappa shape index (κ1) is 37.0. The zero-order valence-electron chi connectivity index (χ0n) is 31.0. The molecule has 0 aliphatic heterocycles. The third kappa shape index (κ3) is 10.1. The van der Waals surface area contributed by atoms with Crippen molar-refractivity contribution in [3.05, 3.63) is 118 Å². The van der Waals surface area contributed by atoms with Crippen molar-refractivity contribution in [2.75, 3.05) is 6.54 Å². The molecular formula is C46H61N2+. The van der Waals surface area contributed by atoms with Gasteiger partial charge in [-0.25, -0.2) is 0 Å². The van der Waals surface area contributed by atoms with Crippen molar-refractivity contribution < 1.29 is 4.70 Å². The van der Waals surface area contributed by atoms with Crippen molar-refractivity contribution in [1.29, 1.82) is 0 Å². The van der Waals surface area contributed by atoms with Gasteiger partial charge in [-0.2, -0.15) is 0 Å². The molecule has 2 heteroatoms. The van der Waals surface area contributed by atoms with Crippen LogP contribution in [0.25, 0.3) is 28.3 Å². The number of allylic oxidation sites excluding steroid dienone is 1. The van der Waals surface area contributed by atoms with Gasteiger partial charge in [-0.1, -0.05) is 138 Å². The molecule has 0 unspecified atom stereocenters. The minimum absolute atomic E-state index is 0.823. The summed E-state index contributed by atoms with van der Waals surface area (Å²) < 4.78 is 2.24. The van der Waals surface area contributed by atoms with Crippen LogP contribution in [-0.4, -0.2) is 11.2 Å². The number of hydrogen-bond acceptors (Lipinski definition) is 1. The van der Waals surface area contributed by atoms with Gasteiger partial charge in [0, 0.05) is 12.5 Å². The largest absolute Gasteiger partial charge is 0.208 e. The first-order chi connectivity index (χ1) is 23.6. The molecule has 0 heterocycles. The molecule has 0 aliphatic rings. The highest BCUT2D eigenvalue weighted by Crippen LogP contribution is 2.35. The Labute approximate surface area is 293 Å². The van der Waals surface area contributed by atoms with Crippen LogP contribution in [0.1, 0.15) is 127 Å². The molecule has 0 spiro atoms. The molecule has 2 nitrogen and oxygen atoms in total. The lowest BCUT2D eigenvalue weighted by Crippen LogP contribution is -2.08. The first-order valence-corrected chi connectivity index (χ1v) is 19.2. The van der Waals surface area contributed by atoms with E-state index in [1.54, 1.807) is 0 Å². The molecule has 0 radical (unpaired) electrons. The van der Waals surface area contributed by atoms with E-state index in [1.807, 2.05) is 0 Å². The lowest BCUT2D eigenvalue weighted by atomic mass is 9.88. The normalized spacial score (nSPS) is 12.1. The molecular weight excluding hydrogens is 581 g/mol. The van der Waals surface area contributed by atoms with E-state index in [4.69, 9.17) is 5.11 Å². The second kappa shape index (κ2) is 19.9. The minimum atomic E-state index is 0.823. The maximum Gasteiger partial charge on any atom is 0.208 e. The summed E-state index contributed by atoms with van der Waals surface area (Å²) in [7, 11) is 0. The van der Waals surface area contributed by atoms with E-state index in [0.29, 0.717) is 0 Å². The number of benzene rings is 4. The summed E-state index contributed by atoms with van der Waals surface area (Å²) in [6.07, 6.45) is 17.7. The van der Waals surface area contributed by atoms with Crippen molar-refractivity contribution in [2.45, 2.75) is 125 Å². The van der Waals surface area contributed by atoms with Crippen LogP contribution >= 0.6 is 0 Å². The number of aryl methyl sites for hydroxylation is 2. The highest BCUT2D eigenvalue weighted by Gasteiger charge is 2.18. The zero-order chi connectivity index (χ0) is 34.1. The van der Waals surface area contributed by atoms with E-state index >= 15 is 0 Å². The van der Waals surface area contributed by atoms with E-state index in [1.165, 1.54) is 107 Å². The Bertz CT molecular complexity index is 1610. The quantitative estimate of drug-likeness (QED) is 0.0550. The molecule has 4 aromatic rings. The van der Waals surface area contributed by atoms with Crippen LogP contribution in [-0.2, 0) is 25.7 Å². The van der Waals surface area contributed by atoms with Gasteiger partial charge in [0.1, 0.15) is 5.69 Å². The van der Waals surface area contributed by atoms with E-state index in [0.717, 1.165) is 44.3 Å². The van der Waals surface area contributed by atoms with E-state index < -0.39 is 0 Å². The summed E-state index contributed by atoms with van der Waals surface area (Å²) in [5.41, 5.74) is 14.9. The van der Waals surface area contributed by atoms with Crippen LogP contribution < -0.4 is 0 Å². The molecule has 4 aromatic carbocycles. The van der Waals surface area contributed by atoms with Gasteiger partial charge >= 0.3 is 0 Å². The highest BCUT2D eigenvalue weighted by atomic mass is 15.3. The van der Waals surface area contributed by atoms with Crippen LogP contribution in [0.15, 0.2) is 95.7 Å². The smallest absolute Gasteiger partial charge is 0.0882 e. The number of azo groups is 2. The Morgan fingerprint density at radius 1 is 0.583 bits per heavy atom. The molecule has 0 saturated carbocycles.